The molecule has 6 heteroatoms. The quantitative estimate of drug-likeness (QED) is 0.146. The first-order valence-electron chi connectivity index (χ1n) is 11.7. The van der Waals surface area contributed by atoms with Crippen molar-refractivity contribution in [2.75, 3.05) is 7.05 Å². The highest BCUT2D eigenvalue weighted by Crippen LogP contribution is 2.29. The van der Waals surface area contributed by atoms with Crippen LogP contribution in [-0.4, -0.2) is 29.2 Å². The topological polar surface area (TPSA) is 70.3 Å². The number of hydrogen-bond donors (Lipinski definition) is 1. The van der Waals surface area contributed by atoms with Crippen LogP contribution in [0.15, 0.2) is 112 Å². The number of benzene rings is 4. The Hall–Kier alpha value is -3.74. The standard InChI is InChI=1S/C31H26N2O2S2/c1-21(32)23-7-9-25(10-8-23)27-13-17-29(18-14-27)37-31(35)19-30(34)36-28-15-11-26(12-16-28)24-5-3-22(4-6-24)20-33-2/h3-18,20,32H,19H2,1-2H3. The Morgan fingerprint density at radius 3 is 1.43 bits per heavy atom. The van der Waals surface area contributed by atoms with Crippen LogP contribution in [0.3, 0.4) is 0 Å². The molecule has 4 rings (SSSR count). The van der Waals surface area contributed by atoms with Crippen molar-refractivity contribution in [3.63, 3.8) is 0 Å². The Labute approximate surface area is 225 Å². The lowest BCUT2D eigenvalue weighted by Gasteiger charge is -2.06. The lowest BCUT2D eigenvalue weighted by molar-refractivity contribution is -0.117. The molecule has 0 saturated carbocycles. The second kappa shape index (κ2) is 12.5. The number of rotatable bonds is 8. The van der Waals surface area contributed by atoms with Crippen LogP contribution in [0.4, 0.5) is 0 Å². The van der Waals surface area contributed by atoms with E-state index in [9.17, 15) is 9.59 Å². The zero-order valence-corrected chi connectivity index (χ0v) is 22.2. The first-order chi connectivity index (χ1) is 17.9. The van der Waals surface area contributed by atoms with Gasteiger partial charge in [-0.15, -0.1) is 0 Å². The predicted octanol–water partition coefficient (Wildman–Crippen LogP) is 7.78. The average Bonchev–Trinajstić information content (AvgIpc) is 2.90. The summed E-state index contributed by atoms with van der Waals surface area (Å²) in [5.41, 5.74) is 6.71. The highest BCUT2D eigenvalue weighted by atomic mass is 32.2. The van der Waals surface area contributed by atoms with Gasteiger partial charge in [-0.1, -0.05) is 96.3 Å². The third-order valence-electron chi connectivity index (χ3n) is 5.63. The van der Waals surface area contributed by atoms with Gasteiger partial charge >= 0.3 is 0 Å². The Morgan fingerprint density at radius 1 is 0.676 bits per heavy atom. The molecule has 4 aromatic rings. The van der Waals surface area contributed by atoms with Gasteiger partial charge in [0.2, 0.25) is 10.2 Å². The van der Waals surface area contributed by atoms with Crippen molar-refractivity contribution in [2.45, 2.75) is 23.1 Å². The molecule has 0 heterocycles. The van der Waals surface area contributed by atoms with Gasteiger partial charge in [0.15, 0.2) is 0 Å². The van der Waals surface area contributed by atoms with Crippen molar-refractivity contribution in [2.24, 2.45) is 4.99 Å². The monoisotopic (exact) mass is 522 g/mol. The first-order valence-corrected chi connectivity index (χ1v) is 13.3. The Bertz CT molecular complexity index is 1430. The minimum absolute atomic E-state index is 0.135. The van der Waals surface area contributed by atoms with Crippen LogP contribution in [-0.2, 0) is 9.59 Å². The molecule has 4 nitrogen and oxygen atoms in total. The second-order valence-electron chi connectivity index (χ2n) is 8.39. The summed E-state index contributed by atoms with van der Waals surface area (Å²) in [6.07, 6.45) is 1.67. The first kappa shape index (κ1) is 26.3. The molecular weight excluding hydrogens is 496 g/mol. The molecular formula is C31H26N2O2S2. The minimum atomic E-state index is -0.177. The lowest BCUT2D eigenvalue weighted by Crippen LogP contribution is -2.00. The fourth-order valence-corrected chi connectivity index (χ4v) is 5.28. The molecule has 0 unspecified atom stereocenters. The van der Waals surface area contributed by atoms with Crippen LogP contribution in [0.2, 0.25) is 0 Å². The maximum atomic E-state index is 12.5. The molecule has 0 fully saturated rings. The number of nitrogens with zero attached hydrogens (tertiary/aromatic N) is 1. The van der Waals surface area contributed by atoms with E-state index in [1.165, 1.54) is 0 Å². The third-order valence-corrected chi connectivity index (χ3v) is 7.39. The van der Waals surface area contributed by atoms with E-state index in [0.717, 1.165) is 66.7 Å². The summed E-state index contributed by atoms with van der Waals surface area (Å²) in [7, 11) is 1.75. The van der Waals surface area contributed by atoms with Crippen LogP contribution in [0.5, 0.6) is 0 Å². The maximum Gasteiger partial charge on any atom is 0.201 e. The predicted molar refractivity (Wildman–Crippen MR) is 156 cm³/mol. The van der Waals surface area contributed by atoms with Crippen LogP contribution in [0.25, 0.3) is 22.3 Å². The van der Waals surface area contributed by atoms with Gasteiger partial charge in [0.05, 0.1) is 6.42 Å². The van der Waals surface area contributed by atoms with Crippen LogP contribution in [0.1, 0.15) is 24.5 Å². The molecule has 0 aliphatic heterocycles. The molecule has 0 aromatic heterocycles. The van der Waals surface area contributed by atoms with E-state index in [2.05, 4.69) is 4.99 Å². The van der Waals surface area contributed by atoms with E-state index in [4.69, 9.17) is 5.41 Å². The van der Waals surface area contributed by atoms with Crippen molar-refractivity contribution in [1.29, 1.82) is 5.41 Å². The molecule has 184 valence electrons. The SMILES string of the molecule is CN=Cc1ccc(-c2ccc(SC(=O)CC(=O)Sc3ccc(-c4ccc(C(C)=N)cc4)cc3)cc2)cc1. The largest absolute Gasteiger partial charge is 0.305 e. The van der Waals surface area contributed by atoms with Gasteiger partial charge in [-0.25, -0.2) is 0 Å². The number of nitrogens with one attached hydrogen (secondary N) is 1. The van der Waals surface area contributed by atoms with Crippen molar-refractivity contribution in [3.8, 4) is 22.3 Å². The number of thioether (sulfide) groups is 2. The molecule has 0 aliphatic carbocycles. The molecule has 0 amide bonds. The maximum absolute atomic E-state index is 12.5. The van der Waals surface area contributed by atoms with E-state index in [0.29, 0.717) is 5.71 Å². The van der Waals surface area contributed by atoms with Crippen LogP contribution >= 0.6 is 23.5 Å². The molecule has 0 radical (unpaired) electrons. The van der Waals surface area contributed by atoms with Gasteiger partial charge < -0.3 is 5.41 Å². The molecule has 0 saturated heterocycles. The van der Waals surface area contributed by atoms with Gasteiger partial charge in [-0.2, -0.15) is 0 Å². The molecule has 0 bridgehead atoms. The zero-order chi connectivity index (χ0) is 26.2. The van der Waals surface area contributed by atoms with Crippen molar-refractivity contribution >= 4 is 45.7 Å². The molecule has 4 aromatic carbocycles. The summed E-state index contributed by atoms with van der Waals surface area (Å²) in [4.78, 5) is 30.6. The summed E-state index contributed by atoms with van der Waals surface area (Å²) >= 11 is 2.18. The number of hydrogen-bond acceptors (Lipinski definition) is 6. The lowest BCUT2D eigenvalue weighted by atomic mass is 10.0. The number of aliphatic imine (C=N–C) groups is 1. The normalized spacial score (nSPS) is 11.0. The van der Waals surface area contributed by atoms with Gasteiger partial charge in [-0.3, -0.25) is 14.6 Å². The fraction of sp³-hybridized carbons (Fsp3) is 0.0968. The van der Waals surface area contributed by atoms with E-state index < -0.39 is 0 Å². The smallest absolute Gasteiger partial charge is 0.201 e. The third kappa shape index (κ3) is 7.38. The zero-order valence-electron chi connectivity index (χ0n) is 20.6. The number of carbonyl (C=O) groups excluding carboxylic acids is 2. The van der Waals surface area contributed by atoms with Crippen molar-refractivity contribution in [1.82, 2.24) is 0 Å². The van der Waals surface area contributed by atoms with Gasteiger partial charge in [-0.05, 0) is 64.6 Å². The summed E-state index contributed by atoms with van der Waals surface area (Å²) < 4.78 is 0. The Balaban J connectivity index is 1.29. The van der Waals surface area contributed by atoms with Crippen molar-refractivity contribution in [3.05, 3.63) is 108 Å². The molecule has 0 atom stereocenters. The van der Waals surface area contributed by atoms with Gasteiger partial charge in [0.1, 0.15) is 0 Å². The Kier molecular flexibility index (Phi) is 8.88. The number of carbonyl (C=O) groups is 2. The van der Waals surface area contributed by atoms with Crippen LogP contribution in [0, 0.1) is 5.41 Å². The second-order valence-corrected chi connectivity index (χ2v) is 10.6. The van der Waals surface area contributed by atoms with E-state index in [1.807, 2.05) is 103 Å². The van der Waals surface area contributed by atoms with Crippen molar-refractivity contribution < 1.29 is 9.59 Å². The minimum Gasteiger partial charge on any atom is -0.305 e. The van der Waals surface area contributed by atoms with Crippen LogP contribution < -0.4 is 0 Å². The summed E-state index contributed by atoms with van der Waals surface area (Å²) in [5.74, 6) is 0. The van der Waals surface area contributed by atoms with Gasteiger partial charge in [0, 0.05) is 28.8 Å². The van der Waals surface area contributed by atoms with E-state index in [-0.39, 0.29) is 16.7 Å². The highest BCUT2D eigenvalue weighted by Gasteiger charge is 2.13. The fourth-order valence-electron chi connectivity index (χ4n) is 3.71. The molecule has 37 heavy (non-hydrogen) atoms. The highest BCUT2D eigenvalue weighted by molar-refractivity contribution is 8.15. The van der Waals surface area contributed by atoms with E-state index in [1.54, 1.807) is 14.0 Å². The van der Waals surface area contributed by atoms with E-state index >= 15 is 0 Å². The Morgan fingerprint density at radius 2 is 1.05 bits per heavy atom. The summed E-state index contributed by atoms with van der Waals surface area (Å²) in [5, 5.41) is 7.36. The summed E-state index contributed by atoms with van der Waals surface area (Å²) in [6, 6.07) is 31.5. The molecule has 0 spiro atoms. The molecule has 1 N–H and O–H groups in total. The summed E-state index contributed by atoms with van der Waals surface area (Å²) in [6.45, 7) is 1.77. The average molecular weight is 523 g/mol. The van der Waals surface area contributed by atoms with Gasteiger partial charge in [0.25, 0.3) is 0 Å². The molecule has 0 aliphatic rings.